The first-order valence-corrected chi connectivity index (χ1v) is 13.0. The van der Waals surface area contributed by atoms with Crippen LogP contribution in [0, 0.1) is 0 Å². The standard InChI is InChI=1S/C29H29F3N6O3/c1-28(2,3)41-27(40)37-16-14-36(15-17-37)24-11-7-6-10-22(24)35-26(39)23-12-13-38-25(34-23)20(18-33-38)19-8-4-5-9-21(19)29(30,31)32/h4-13,18H,14-17H2,1-3H3,(H,35,39). The van der Waals surface area contributed by atoms with Gasteiger partial charge in [-0.25, -0.2) is 14.3 Å². The van der Waals surface area contributed by atoms with E-state index in [-0.39, 0.29) is 28.6 Å². The Balaban J connectivity index is 1.36. The molecule has 4 aromatic rings. The predicted molar refractivity (Wildman–Crippen MR) is 148 cm³/mol. The summed E-state index contributed by atoms with van der Waals surface area (Å²) in [6, 6.07) is 13.9. The zero-order chi connectivity index (χ0) is 29.4. The highest BCUT2D eigenvalue weighted by Gasteiger charge is 2.34. The summed E-state index contributed by atoms with van der Waals surface area (Å²) < 4.78 is 47.8. The number of benzene rings is 2. The van der Waals surface area contributed by atoms with Gasteiger partial charge in [0.05, 0.1) is 23.1 Å². The van der Waals surface area contributed by atoms with Crippen LogP contribution in [0.5, 0.6) is 0 Å². The number of aromatic nitrogens is 3. The van der Waals surface area contributed by atoms with Crippen LogP contribution in [0.2, 0.25) is 0 Å². The maximum absolute atomic E-state index is 13.7. The molecule has 0 atom stereocenters. The Bertz CT molecular complexity index is 1590. The molecule has 0 unspecified atom stereocenters. The van der Waals surface area contributed by atoms with Gasteiger partial charge < -0.3 is 19.9 Å². The van der Waals surface area contributed by atoms with Gasteiger partial charge in [-0.05, 0) is 50.6 Å². The van der Waals surface area contributed by atoms with E-state index in [4.69, 9.17) is 4.74 Å². The number of piperazine rings is 1. The maximum atomic E-state index is 13.7. The first-order chi connectivity index (χ1) is 19.4. The molecule has 2 aromatic carbocycles. The SMILES string of the molecule is CC(C)(C)OC(=O)N1CCN(c2ccccc2NC(=O)c2ccn3ncc(-c4ccccc4C(F)(F)F)c3n2)CC1. The molecule has 9 nitrogen and oxygen atoms in total. The number of amides is 2. The van der Waals surface area contributed by atoms with Crippen LogP contribution in [0.3, 0.4) is 0 Å². The molecule has 1 N–H and O–H groups in total. The summed E-state index contributed by atoms with van der Waals surface area (Å²) in [6.45, 7) is 7.45. The highest BCUT2D eigenvalue weighted by Crippen LogP contribution is 2.38. The highest BCUT2D eigenvalue weighted by molar-refractivity contribution is 6.05. The monoisotopic (exact) mass is 566 g/mol. The van der Waals surface area contributed by atoms with Crippen LogP contribution in [0.15, 0.2) is 67.0 Å². The number of alkyl halides is 3. The van der Waals surface area contributed by atoms with Gasteiger partial charge in [-0.2, -0.15) is 18.3 Å². The fourth-order valence-corrected chi connectivity index (χ4v) is 4.65. The van der Waals surface area contributed by atoms with E-state index in [2.05, 4.69) is 20.3 Å². The smallest absolute Gasteiger partial charge is 0.417 e. The molecule has 0 radical (unpaired) electrons. The summed E-state index contributed by atoms with van der Waals surface area (Å²) in [4.78, 5) is 33.8. The number of carbonyl (C=O) groups is 2. The normalized spacial score (nSPS) is 14.3. The Morgan fingerprint density at radius 3 is 2.29 bits per heavy atom. The number of fused-ring (bicyclic) bond motifs is 1. The van der Waals surface area contributed by atoms with Crippen molar-refractivity contribution in [3.05, 3.63) is 78.2 Å². The van der Waals surface area contributed by atoms with Crippen molar-refractivity contribution in [3.8, 4) is 11.1 Å². The first kappa shape index (κ1) is 27.9. The molecular weight excluding hydrogens is 537 g/mol. The molecule has 3 heterocycles. The van der Waals surface area contributed by atoms with E-state index in [1.54, 1.807) is 17.0 Å². The lowest BCUT2D eigenvalue weighted by atomic mass is 10.0. The second kappa shape index (κ2) is 10.8. The van der Waals surface area contributed by atoms with Crippen LogP contribution >= 0.6 is 0 Å². The molecule has 1 aliphatic heterocycles. The number of hydrogen-bond acceptors (Lipinski definition) is 6. The minimum Gasteiger partial charge on any atom is -0.444 e. The quantitative estimate of drug-likeness (QED) is 0.340. The molecule has 0 saturated carbocycles. The third-order valence-corrected chi connectivity index (χ3v) is 6.55. The summed E-state index contributed by atoms with van der Waals surface area (Å²) in [5.41, 5.74) is 0.158. The molecule has 2 amide bonds. The zero-order valence-corrected chi connectivity index (χ0v) is 22.8. The summed E-state index contributed by atoms with van der Waals surface area (Å²) >= 11 is 0. The second-order valence-corrected chi connectivity index (χ2v) is 10.6. The number of nitrogens with zero attached hydrogens (tertiary/aromatic N) is 5. The first-order valence-electron chi connectivity index (χ1n) is 13.0. The van der Waals surface area contributed by atoms with Crippen LogP contribution in [-0.2, 0) is 10.9 Å². The molecule has 0 aliphatic carbocycles. The van der Waals surface area contributed by atoms with Crippen molar-refractivity contribution in [2.75, 3.05) is 36.4 Å². The molecule has 0 spiro atoms. The van der Waals surface area contributed by atoms with Crippen LogP contribution in [-0.4, -0.2) is 63.3 Å². The number of para-hydroxylation sites is 2. The van der Waals surface area contributed by atoms with E-state index in [0.29, 0.717) is 31.9 Å². The Hall–Kier alpha value is -4.61. The molecule has 1 aliphatic rings. The molecule has 5 rings (SSSR count). The minimum atomic E-state index is -4.57. The van der Waals surface area contributed by atoms with E-state index < -0.39 is 23.2 Å². The fourth-order valence-electron chi connectivity index (χ4n) is 4.65. The number of nitrogens with one attached hydrogen (secondary N) is 1. The van der Waals surface area contributed by atoms with Crippen molar-refractivity contribution in [2.45, 2.75) is 32.5 Å². The molecular formula is C29H29F3N6O3. The lowest BCUT2D eigenvalue weighted by Crippen LogP contribution is -2.50. The summed E-state index contributed by atoms with van der Waals surface area (Å²) in [6.07, 6.45) is -2.14. The number of ether oxygens (including phenoxy) is 1. The van der Waals surface area contributed by atoms with E-state index in [9.17, 15) is 22.8 Å². The topological polar surface area (TPSA) is 92.1 Å². The predicted octanol–water partition coefficient (Wildman–Crippen LogP) is 5.72. The largest absolute Gasteiger partial charge is 0.444 e. The van der Waals surface area contributed by atoms with E-state index in [1.807, 2.05) is 32.9 Å². The average Bonchev–Trinajstić information content (AvgIpc) is 3.35. The van der Waals surface area contributed by atoms with Gasteiger partial charge in [0.25, 0.3) is 5.91 Å². The van der Waals surface area contributed by atoms with Crippen LogP contribution in [0.4, 0.5) is 29.3 Å². The molecule has 2 aromatic heterocycles. The van der Waals surface area contributed by atoms with Gasteiger partial charge in [-0.15, -0.1) is 0 Å². The van der Waals surface area contributed by atoms with E-state index in [0.717, 1.165) is 11.8 Å². The van der Waals surface area contributed by atoms with Gasteiger partial charge in [0.1, 0.15) is 11.3 Å². The van der Waals surface area contributed by atoms with Gasteiger partial charge in [0.15, 0.2) is 5.65 Å². The zero-order valence-electron chi connectivity index (χ0n) is 22.8. The lowest BCUT2D eigenvalue weighted by molar-refractivity contribution is -0.137. The summed E-state index contributed by atoms with van der Waals surface area (Å²) in [5, 5.41) is 7.01. The van der Waals surface area contributed by atoms with Crippen LogP contribution in [0.1, 0.15) is 36.8 Å². The van der Waals surface area contributed by atoms with Gasteiger partial charge in [-0.3, -0.25) is 4.79 Å². The summed E-state index contributed by atoms with van der Waals surface area (Å²) in [5.74, 6) is -0.524. The average molecular weight is 567 g/mol. The van der Waals surface area contributed by atoms with Gasteiger partial charge in [0, 0.05) is 37.9 Å². The van der Waals surface area contributed by atoms with Crippen molar-refractivity contribution in [1.29, 1.82) is 0 Å². The minimum absolute atomic E-state index is 0.0216. The lowest BCUT2D eigenvalue weighted by Gasteiger charge is -2.37. The van der Waals surface area contributed by atoms with E-state index in [1.165, 1.54) is 41.2 Å². The molecule has 12 heteroatoms. The third-order valence-electron chi connectivity index (χ3n) is 6.55. The third kappa shape index (κ3) is 6.11. The Labute approximate surface area is 234 Å². The highest BCUT2D eigenvalue weighted by atomic mass is 19.4. The molecule has 41 heavy (non-hydrogen) atoms. The van der Waals surface area contributed by atoms with Gasteiger partial charge in [0.2, 0.25) is 0 Å². The van der Waals surface area contributed by atoms with Gasteiger partial charge in [-0.1, -0.05) is 30.3 Å². The maximum Gasteiger partial charge on any atom is 0.417 e. The fraction of sp³-hybridized carbons (Fsp3) is 0.310. The Morgan fingerprint density at radius 1 is 0.902 bits per heavy atom. The van der Waals surface area contributed by atoms with Crippen molar-refractivity contribution >= 4 is 29.0 Å². The van der Waals surface area contributed by atoms with Crippen molar-refractivity contribution < 1.29 is 27.5 Å². The Kier molecular flexibility index (Phi) is 7.33. The number of rotatable bonds is 4. The number of anilines is 2. The van der Waals surface area contributed by atoms with Crippen LogP contribution < -0.4 is 10.2 Å². The van der Waals surface area contributed by atoms with E-state index >= 15 is 0 Å². The van der Waals surface area contributed by atoms with Crippen molar-refractivity contribution in [1.82, 2.24) is 19.5 Å². The number of carbonyl (C=O) groups excluding carboxylic acids is 2. The number of hydrogen-bond donors (Lipinski definition) is 1. The summed E-state index contributed by atoms with van der Waals surface area (Å²) in [7, 11) is 0. The van der Waals surface area contributed by atoms with Crippen LogP contribution in [0.25, 0.3) is 16.8 Å². The molecule has 214 valence electrons. The van der Waals surface area contributed by atoms with Gasteiger partial charge >= 0.3 is 12.3 Å². The second-order valence-electron chi connectivity index (χ2n) is 10.6. The molecule has 0 bridgehead atoms. The molecule has 1 saturated heterocycles. The number of halogens is 3. The van der Waals surface area contributed by atoms with Crippen molar-refractivity contribution in [2.24, 2.45) is 0 Å². The Morgan fingerprint density at radius 2 is 1.59 bits per heavy atom. The van der Waals surface area contributed by atoms with Crippen molar-refractivity contribution in [3.63, 3.8) is 0 Å². The molecule has 1 fully saturated rings.